The number of benzene rings is 1. The Labute approximate surface area is 132 Å². The van der Waals surface area contributed by atoms with Crippen molar-refractivity contribution in [2.75, 3.05) is 0 Å². The molecule has 4 nitrogen and oxygen atoms in total. The highest BCUT2D eigenvalue weighted by Crippen LogP contribution is 2.65. The van der Waals surface area contributed by atoms with E-state index >= 15 is 0 Å². The largest absolute Gasteiger partial charge is 0.272 e. The van der Waals surface area contributed by atoms with Gasteiger partial charge in [-0.2, -0.15) is 10.1 Å². The number of carbonyl (C=O) groups is 2. The van der Waals surface area contributed by atoms with Crippen molar-refractivity contribution < 1.29 is 14.0 Å². The summed E-state index contributed by atoms with van der Waals surface area (Å²) < 4.78 is 12.9. The summed E-state index contributed by atoms with van der Waals surface area (Å²) in [4.78, 5) is 25.4. The molecule has 6 atom stereocenters. The second-order valence-electron chi connectivity index (χ2n) is 6.94. The van der Waals surface area contributed by atoms with Crippen LogP contribution in [0.3, 0.4) is 0 Å². The molecule has 0 N–H and O–H groups in total. The Morgan fingerprint density at radius 2 is 1.57 bits per heavy atom. The molecule has 0 unspecified atom stereocenters. The van der Waals surface area contributed by atoms with Gasteiger partial charge in [0, 0.05) is 0 Å². The lowest BCUT2D eigenvalue weighted by Crippen LogP contribution is -2.40. The molecule has 2 saturated carbocycles. The number of rotatable bonds is 2. The molecule has 3 fully saturated rings. The fourth-order valence-electron chi connectivity index (χ4n) is 4.73. The summed E-state index contributed by atoms with van der Waals surface area (Å²) in [5, 5.41) is 5.14. The van der Waals surface area contributed by atoms with Crippen LogP contribution >= 0.6 is 0 Å². The summed E-state index contributed by atoms with van der Waals surface area (Å²) in [5.74, 6) is 0.440. The molecular formula is C18H15FN2O2. The van der Waals surface area contributed by atoms with E-state index in [1.807, 2.05) is 0 Å². The van der Waals surface area contributed by atoms with E-state index in [0.29, 0.717) is 17.4 Å². The van der Waals surface area contributed by atoms with Crippen LogP contribution in [0.5, 0.6) is 0 Å². The summed E-state index contributed by atoms with van der Waals surface area (Å²) in [6, 6.07) is 5.79. The smallest absolute Gasteiger partial charge is 0.254 e. The fourth-order valence-corrected chi connectivity index (χ4v) is 4.73. The van der Waals surface area contributed by atoms with Gasteiger partial charge in [0.15, 0.2) is 0 Å². The minimum Gasteiger partial charge on any atom is -0.272 e. The standard InChI is InChI=1S/C18H15FN2O2/c19-10-3-1-9(2-4-10)8-20-21-17(22)15-11-5-6-12(14-7-13(11)14)16(15)18(21)23/h1-6,8,11-16H,7H2/b20-8-/t11-,12-,13-,14+,15-,16+/m0/s1. The van der Waals surface area contributed by atoms with Crippen molar-refractivity contribution in [2.24, 2.45) is 40.6 Å². The van der Waals surface area contributed by atoms with Crippen molar-refractivity contribution in [3.63, 3.8) is 0 Å². The monoisotopic (exact) mass is 310 g/mol. The summed E-state index contributed by atoms with van der Waals surface area (Å²) in [6.45, 7) is 0. The molecule has 1 heterocycles. The fraction of sp³-hybridized carbons (Fsp3) is 0.389. The van der Waals surface area contributed by atoms with E-state index in [2.05, 4.69) is 17.3 Å². The molecule has 0 radical (unpaired) electrons. The van der Waals surface area contributed by atoms with Gasteiger partial charge in [0.05, 0.1) is 18.1 Å². The zero-order valence-electron chi connectivity index (χ0n) is 12.3. The molecule has 1 saturated heterocycles. The van der Waals surface area contributed by atoms with Crippen molar-refractivity contribution in [1.29, 1.82) is 0 Å². The molecule has 0 aromatic heterocycles. The average molecular weight is 310 g/mol. The molecule has 2 amide bonds. The van der Waals surface area contributed by atoms with Gasteiger partial charge in [-0.25, -0.2) is 4.39 Å². The highest BCUT2D eigenvalue weighted by Gasteiger charge is 2.67. The lowest BCUT2D eigenvalue weighted by Gasteiger charge is -2.37. The maximum Gasteiger partial charge on any atom is 0.254 e. The first-order valence-electron chi connectivity index (χ1n) is 8.01. The molecule has 2 bridgehead atoms. The van der Waals surface area contributed by atoms with Crippen molar-refractivity contribution >= 4 is 18.0 Å². The van der Waals surface area contributed by atoms with Crippen LogP contribution in [0, 0.1) is 41.3 Å². The number of hydrogen-bond donors (Lipinski definition) is 0. The second-order valence-corrected chi connectivity index (χ2v) is 6.94. The summed E-state index contributed by atoms with van der Waals surface area (Å²) in [5.41, 5.74) is 0.658. The van der Waals surface area contributed by atoms with E-state index in [9.17, 15) is 14.0 Å². The number of allylic oxidation sites excluding steroid dienone is 2. The summed E-state index contributed by atoms with van der Waals surface area (Å²) in [6.07, 6.45) is 6.87. The normalized spacial score (nSPS) is 40.0. The molecule has 4 aliphatic carbocycles. The van der Waals surface area contributed by atoms with Crippen molar-refractivity contribution in [1.82, 2.24) is 5.01 Å². The predicted octanol–water partition coefficient (Wildman–Crippen LogP) is 2.21. The van der Waals surface area contributed by atoms with Gasteiger partial charge in [-0.3, -0.25) is 9.59 Å². The highest BCUT2D eigenvalue weighted by molar-refractivity contribution is 6.06. The number of imide groups is 1. The van der Waals surface area contributed by atoms with Crippen LogP contribution in [0.15, 0.2) is 41.5 Å². The van der Waals surface area contributed by atoms with Gasteiger partial charge in [-0.1, -0.05) is 24.3 Å². The molecule has 1 aromatic carbocycles. The summed E-state index contributed by atoms with van der Waals surface area (Å²) in [7, 11) is 0. The lowest BCUT2D eigenvalue weighted by molar-refractivity contribution is -0.140. The van der Waals surface area contributed by atoms with E-state index in [0.717, 1.165) is 11.4 Å². The minimum atomic E-state index is -0.330. The number of amides is 2. The topological polar surface area (TPSA) is 49.7 Å². The Hall–Kier alpha value is -2.30. The zero-order chi connectivity index (χ0) is 15.7. The van der Waals surface area contributed by atoms with Gasteiger partial charge in [-0.05, 0) is 47.8 Å². The Morgan fingerprint density at radius 1 is 1.00 bits per heavy atom. The average Bonchev–Trinajstić information content (AvgIpc) is 3.33. The first kappa shape index (κ1) is 13.2. The molecule has 116 valence electrons. The quantitative estimate of drug-likeness (QED) is 0.478. The Morgan fingerprint density at radius 3 is 2.13 bits per heavy atom. The van der Waals surface area contributed by atoms with Gasteiger partial charge in [0.25, 0.3) is 11.8 Å². The van der Waals surface area contributed by atoms with Crippen molar-refractivity contribution in [3.8, 4) is 0 Å². The van der Waals surface area contributed by atoms with E-state index in [1.54, 1.807) is 12.1 Å². The molecule has 5 aliphatic rings. The van der Waals surface area contributed by atoms with Crippen LogP contribution in [-0.4, -0.2) is 23.0 Å². The van der Waals surface area contributed by atoms with Crippen LogP contribution in [0.4, 0.5) is 4.39 Å². The van der Waals surface area contributed by atoms with Crippen LogP contribution in [0.2, 0.25) is 0 Å². The first-order valence-corrected chi connectivity index (χ1v) is 8.01. The van der Waals surface area contributed by atoms with Crippen LogP contribution in [0.25, 0.3) is 0 Å². The molecular weight excluding hydrogens is 295 g/mol. The molecule has 6 rings (SSSR count). The van der Waals surface area contributed by atoms with Gasteiger partial charge < -0.3 is 0 Å². The lowest BCUT2D eigenvalue weighted by atomic mass is 9.63. The number of nitrogens with zero attached hydrogens (tertiary/aromatic N) is 2. The molecule has 1 aliphatic heterocycles. The predicted molar refractivity (Wildman–Crippen MR) is 80.5 cm³/mol. The molecule has 5 heteroatoms. The third-order valence-corrected chi connectivity index (χ3v) is 5.83. The van der Waals surface area contributed by atoms with Gasteiger partial charge >= 0.3 is 0 Å². The van der Waals surface area contributed by atoms with Crippen LogP contribution in [0.1, 0.15) is 12.0 Å². The highest BCUT2D eigenvalue weighted by atomic mass is 19.1. The Kier molecular flexibility index (Phi) is 2.50. The molecule has 0 spiro atoms. The number of halogens is 1. The van der Waals surface area contributed by atoms with Gasteiger partial charge in [0.1, 0.15) is 5.82 Å². The Balaban J connectivity index is 1.44. The maximum atomic E-state index is 12.9. The number of hydrazone groups is 1. The van der Waals surface area contributed by atoms with Crippen molar-refractivity contribution in [2.45, 2.75) is 6.42 Å². The third kappa shape index (κ3) is 1.73. The van der Waals surface area contributed by atoms with E-state index in [4.69, 9.17) is 0 Å². The maximum absolute atomic E-state index is 12.9. The minimum absolute atomic E-state index is 0.178. The van der Waals surface area contributed by atoms with Gasteiger partial charge in [0.2, 0.25) is 0 Å². The van der Waals surface area contributed by atoms with Crippen molar-refractivity contribution in [3.05, 3.63) is 47.8 Å². The summed E-state index contributed by atoms with van der Waals surface area (Å²) >= 11 is 0. The first-order chi connectivity index (χ1) is 11.1. The van der Waals surface area contributed by atoms with Crippen LogP contribution < -0.4 is 0 Å². The zero-order valence-corrected chi connectivity index (χ0v) is 12.3. The number of carbonyl (C=O) groups excluding carboxylic acids is 2. The molecule has 23 heavy (non-hydrogen) atoms. The Bertz CT molecular complexity index is 734. The van der Waals surface area contributed by atoms with E-state index in [-0.39, 0.29) is 41.3 Å². The van der Waals surface area contributed by atoms with E-state index < -0.39 is 0 Å². The van der Waals surface area contributed by atoms with Crippen LogP contribution in [-0.2, 0) is 9.59 Å². The third-order valence-electron chi connectivity index (χ3n) is 5.83. The number of hydrogen-bond acceptors (Lipinski definition) is 3. The molecule has 1 aromatic rings. The SMILES string of the molecule is O=C1[C@@H]2[C@H]3C=C[C@@H]([C@@H]4C[C@H]34)[C@@H]2C(=O)N1/N=C\c1ccc(F)cc1. The van der Waals surface area contributed by atoms with Gasteiger partial charge in [-0.15, -0.1) is 0 Å². The van der Waals surface area contributed by atoms with E-state index in [1.165, 1.54) is 18.3 Å². The second kappa shape index (κ2) is 4.37.